The number of para-hydroxylation sites is 1. The molecule has 0 N–H and O–H groups in total. The van der Waals surface area contributed by atoms with Gasteiger partial charge in [-0.25, -0.2) is 0 Å². The van der Waals surface area contributed by atoms with Crippen LogP contribution < -0.4 is 9.26 Å². The van der Waals surface area contributed by atoms with Gasteiger partial charge in [0.1, 0.15) is 30.5 Å². The highest BCUT2D eigenvalue weighted by atomic mass is 35.5. The molecule has 31 heavy (non-hydrogen) atoms. The smallest absolute Gasteiger partial charge is 0.225 e. The summed E-state index contributed by atoms with van der Waals surface area (Å²) in [7, 11) is -1.30. The van der Waals surface area contributed by atoms with Gasteiger partial charge in [-0.05, 0) is 79.7 Å². The highest BCUT2D eigenvalue weighted by Crippen LogP contribution is 2.61. The van der Waals surface area contributed by atoms with Gasteiger partial charge in [-0.1, -0.05) is 30.3 Å². The lowest BCUT2D eigenvalue weighted by Crippen LogP contribution is -2.49. The lowest BCUT2D eigenvalue weighted by molar-refractivity contribution is 0.0820. The zero-order chi connectivity index (χ0) is 21.3. The zero-order valence-electron chi connectivity index (χ0n) is 17.5. The molecule has 0 saturated heterocycles. The number of ether oxygens (including phenoxy) is 2. The average Bonchev–Trinajstić information content (AvgIpc) is 2.75. The van der Waals surface area contributed by atoms with Crippen molar-refractivity contribution in [2.45, 2.75) is 37.0 Å². The Bertz CT molecular complexity index is 958. The van der Waals surface area contributed by atoms with E-state index in [1.807, 2.05) is 48.5 Å². The summed E-state index contributed by atoms with van der Waals surface area (Å²) in [5.41, 5.74) is 2.40. The van der Waals surface area contributed by atoms with Crippen LogP contribution in [0.2, 0.25) is 0 Å². The second-order valence-electron chi connectivity index (χ2n) is 9.03. The summed E-state index contributed by atoms with van der Waals surface area (Å²) in [6.45, 7) is 0.930. The number of hydrogen-bond acceptors (Lipinski definition) is 4. The number of benzene rings is 2. The van der Waals surface area contributed by atoms with Crippen LogP contribution in [0.4, 0.5) is 0 Å². The fraction of sp³-hybridized carbons (Fsp3) is 0.440. The molecule has 4 aliphatic carbocycles. The Kier molecular flexibility index (Phi) is 6.03. The Morgan fingerprint density at radius 1 is 0.968 bits per heavy atom. The maximum atomic E-state index is 11.1. The molecule has 164 valence electrons. The minimum atomic E-state index is -1.30. The van der Waals surface area contributed by atoms with Crippen molar-refractivity contribution in [2.24, 2.45) is 17.8 Å². The second-order valence-corrected chi connectivity index (χ2v) is 10.3. The Balaban J connectivity index is 1.41. The first-order valence-corrected chi connectivity index (χ1v) is 12.4. The molecule has 4 fully saturated rings. The van der Waals surface area contributed by atoms with Gasteiger partial charge in [0.2, 0.25) is 8.69 Å². The number of halogens is 1. The summed E-state index contributed by atoms with van der Waals surface area (Å²) in [5, 5.41) is 0. The summed E-state index contributed by atoms with van der Waals surface area (Å²) in [6, 6.07) is 17.5. The van der Waals surface area contributed by atoms with Crippen LogP contribution in [-0.4, -0.2) is 18.1 Å². The molecule has 6 rings (SSSR count). The minimum absolute atomic E-state index is 0.0294. The van der Waals surface area contributed by atoms with Crippen LogP contribution in [-0.2, 0) is 9.30 Å². The molecule has 3 unspecified atom stereocenters. The van der Waals surface area contributed by atoms with Crippen molar-refractivity contribution >= 4 is 26.0 Å². The monoisotopic (exact) mass is 458 g/mol. The van der Waals surface area contributed by atoms with Gasteiger partial charge in [0.15, 0.2) is 0 Å². The fourth-order valence-corrected chi connectivity index (χ4v) is 6.83. The average molecular weight is 459 g/mol. The molecule has 4 bridgehead atoms. The summed E-state index contributed by atoms with van der Waals surface area (Å²) in [5.74, 6) is 4.08. The van der Waals surface area contributed by atoms with E-state index < -0.39 is 8.69 Å². The van der Waals surface area contributed by atoms with E-state index in [-0.39, 0.29) is 4.87 Å². The van der Waals surface area contributed by atoms with E-state index in [9.17, 15) is 4.57 Å². The second kappa shape index (κ2) is 8.92. The third kappa shape index (κ3) is 4.52. The molecule has 4 saturated carbocycles. The SMILES string of the molecule is O=[PH2]Oc1cccc(C(OCCOc2ccccc2)=C2C3CC4CC2CC(Cl)(C4)C3)c1. The van der Waals surface area contributed by atoms with Crippen molar-refractivity contribution in [1.82, 2.24) is 0 Å². The maximum Gasteiger partial charge on any atom is 0.225 e. The first kappa shape index (κ1) is 21.0. The van der Waals surface area contributed by atoms with E-state index in [0.717, 1.165) is 42.3 Å². The van der Waals surface area contributed by atoms with E-state index in [1.165, 1.54) is 18.4 Å². The molecule has 0 heterocycles. The number of hydrogen-bond donors (Lipinski definition) is 0. The van der Waals surface area contributed by atoms with E-state index in [0.29, 0.717) is 30.8 Å². The predicted molar refractivity (Wildman–Crippen MR) is 124 cm³/mol. The molecule has 4 nitrogen and oxygen atoms in total. The number of rotatable bonds is 8. The molecular weight excluding hydrogens is 431 g/mol. The standard InChI is InChI=1S/C25H28ClO4P/c26-25-14-17-11-19(15-25)23(20(12-17)16-25)24(18-5-4-8-22(13-18)30-31-27)29-10-9-28-21-6-2-1-3-7-21/h1-8,13,17,19-20H,9-12,14-16,31H2. The van der Waals surface area contributed by atoms with Crippen molar-refractivity contribution < 1.29 is 18.6 Å². The van der Waals surface area contributed by atoms with Gasteiger partial charge in [0.05, 0.1) is 0 Å². The normalized spacial score (nSPS) is 28.8. The third-order valence-corrected chi connectivity index (χ3v) is 7.71. The number of allylic oxidation sites excluding steroid dienone is 1. The molecule has 0 spiro atoms. The largest absolute Gasteiger partial charge is 0.490 e. The van der Waals surface area contributed by atoms with Crippen LogP contribution in [0, 0.1) is 17.8 Å². The van der Waals surface area contributed by atoms with E-state index >= 15 is 0 Å². The van der Waals surface area contributed by atoms with E-state index in [4.69, 9.17) is 25.6 Å². The van der Waals surface area contributed by atoms with Crippen LogP contribution in [0.3, 0.4) is 0 Å². The van der Waals surface area contributed by atoms with Crippen molar-refractivity contribution in [3.8, 4) is 11.5 Å². The van der Waals surface area contributed by atoms with Gasteiger partial charge in [0.25, 0.3) is 0 Å². The highest BCUT2D eigenvalue weighted by Gasteiger charge is 2.53. The van der Waals surface area contributed by atoms with Crippen LogP contribution in [0.1, 0.15) is 37.7 Å². The van der Waals surface area contributed by atoms with Crippen LogP contribution in [0.15, 0.2) is 60.2 Å². The Hall–Kier alpha value is -1.90. The van der Waals surface area contributed by atoms with Crippen molar-refractivity contribution in [3.05, 3.63) is 65.7 Å². The van der Waals surface area contributed by atoms with Crippen molar-refractivity contribution in [3.63, 3.8) is 0 Å². The molecule has 2 aromatic rings. The van der Waals surface area contributed by atoms with Gasteiger partial charge < -0.3 is 14.0 Å². The van der Waals surface area contributed by atoms with Gasteiger partial charge in [-0.2, -0.15) is 0 Å². The van der Waals surface area contributed by atoms with Crippen molar-refractivity contribution in [2.75, 3.05) is 13.2 Å². The quantitative estimate of drug-likeness (QED) is 0.200. The molecular formula is C25H28ClO4P. The number of alkyl halides is 1. The van der Waals surface area contributed by atoms with Gasteiger partial charge >= 0.3 is 0 Å². The van der Waals surface area contributed by atoms with Gasteiger partial charge in [-0.15, -0.1) is 11.6 Å². The summed E-state index contributed by atoms with van der Waals surface area (Å²) in [6.07, 6.45) is 5.63. The Labute approximate surface area is 189 Å². The Morgan fingerprint density at radius 3 is 2.42 bits per heavy atom. The molecule has 0 aliphatic heterocycles. The molecule has 0 radical (unpaired) electrons. The molecule has 4 aliphatic rings. The van der Waals surface area contributed by atoms with Gasteiger partial charge in [0, 0.05) is 10.4 Å². The third-order valence-electron chi connectivity index (χ3n) is 6.88. The van der Waals surface area contributed by atoms with E-state index in [1.54, 1.807) is 0 Å². The molecule has 2 aromatic carbocycles. The topological polar surface area (TPSA) is 44.8 Å². The molecule has 3 atom stereocenters. The summed E-state index contributed by atoms with van der Waals surface area (Å²) < 4.78 is 28.6. The van der Waals surface area contributed by atoms with Crippen LogP contribution in [0.5, 0.6) is 11.5 Å². The fourth-order valence-electron chi connectivity index (χ4n) is 5.98. The first-order valence-electron chi connectivity index (χ1n) is 11.1. The van der Waals surface area contributed by atoms with Crippen molar-refractivity contribution in [1.29, 1.82) is 0 Å². The molecule has 6 heteroatoms. The Morgan fingerprint density at radius 2 is 1.71 bits per heavy atom. The maximum absolute atomic E-state index is 11.1. The first-order chi connectivity index (χ1) is 15.1. The lowest BCUT2D eigenvalue weighted by Gasteiger charge is -2.55. The predicted octanol–water partition coefficient (Wildman–Crippen LogP) is 6.36. The molecule has 0 amide bonds. The summed E-state index contributed by atoms with van der Waals surface area (Å²) in [4.78, 5) is -0.0294. The highest BCUT2D eigenvalue weighted by molar-refractivity contribution is 7.17. The summed E-state index contributed by atoms with van der Waals surface area (Å²) >= 11 is 6.97. The van der Waals surface area contributed by atoms with Crippen LogP contribution in [0.25, 0.3) is 5.76 Å². The minimum Gasteiger partial charge on any atom is -0.490 e. The van der Waals surface area contributed by atoms with Crippen LogP contribution >= 0.6 is 20.3 Å². The molecule has 0 aromatic heterocycles. The van der Waals surface area contributed by atoms with Gasteiger partial charge in [-0.3, -0.25) is 4.57 Å². The lowest BCUT2D eigenvalue weighted by atomic mass is 9.53. The van der Waals surface area contributed by atoms with E-state index in [2.05, 4.69) is 6.07 Å². The zero-order valence-corrected chi connectivity index (χ0v) is 19.4.